The highest BCUT2D eigenvalue weighted by atomic mass is 19.4. The Morgan fingerprint density at radius 1 is 1.37 bits per heavy atom. The van der Waals surface area contributed by atoms with E-state index in [1.165, 1.54) is 0 Å². The molecule has 1 aromatic heterocycles. The first-order valence-corrected chi connectivity index (χ1v) is 6.41. The molecule has 0 amide bonds. The number of nitrogens with zero attached hydrogens (tertiary/aromatic N) is 2. The number of nitrogens with one attached hydrogen (secondary N) is 1. The van der Waals surface area contributed by atoms with Crippen molar-refractivity contribution < 1.29 is 13.2 Å². The lowest BCUT2D eigenvalue weighted by Gasteiger charge is -2.33. The SMILES string of the molecule is CNc1ncccc1CN1CCC(C(F)(F)F)CC1. The summed E-state index contributed by atoms with van der Waals surface area (Å²) < 4.78 is 37.7. The molecule has 0 saturated carbocycles. The zero-order valence-corrected chi connectivity index (χ0v) is 10.9. The highest BCUT2D eigenvalue weighted by Crippen LogP contribution is 2.34. The van der Waals surface area contributed by atoms with Crippen LogP contribution >= 0.6 is 0 Å². The number of aromatic nitrogens is 1. The van der Waals surface area contributed by atoms with Gasteiger partial charge in [0.2, 0.25) is 0 Å². The van der Waals surface area contributed by atoms with E-state index in [0.29, 0.717) is 19.6 Å². The lowest BCUT2D eigenvalue weighted by Crippen LogP contribution is -2.38. The molecular formula is C13H18F3N3. The van der Waals surface area contributed by atoms with Crippen molar-refractivity contribution in [1.82, 2.24) is 9.88 Å². The third kappa shape index (κ3) is 3.59. The number of anilines is 1. The summed E-state index contributed by atoms with van der Waals surface area (Å²) in [5.41, 5.74) is 1.02. The Morgan fingerprint density at radius 2 is 2.05 bits per heavy atom. The monoisotopic (exact) mass is 273 g/mol. The maximum Gasteiger partial charge on any atom is 0.391 e. The van der Waals surface area contributed by atoms with Crippen molar-refractivity contribution in [1.29, 1.82) is 0 Å². The number of piperidine rings is 1. The summed E-state index contributed by atoms with van der Waals surface area (Å²) in [5, 5.41) is 3.00. The van der Waals surface area contributed by atoms with Gasteiger partial charge in [-0.15, -0.1) is 0 Å². The quantitative estimate of drug-likeness (QED) is 0.918. The van der Waals surface area contributed by atoms with Gasteiger partial charge in [0, 0.05) is 25.4 Å². The molecule has 0 bridgehead atoms. The smallest absolute Gasteiger partial charge is 0.373 e. The second-order valence-electron chi connectivity index (χ2n) is 4.85. The van der Waals surface area contributed by atoms with Crippen LogP contribution in [-0.2, 0) is 6.54 Å². The molecule has 0 atom stereocenters. The van der Waals surface area contributed by atoms with Crippen molar-refractivity contribution in [3.8, 4) is 0 Å². The van der Waals surface area contributed by atoms with Crippen LogP contribution in [0.2, 0.25) is 0 Å². The van der Waals surface area contributed by atoms with Gasteiger partial charge in [0.1, 0.15) is 5.82 Å². The molecule has 1 aliphatic rings. The topological polar surface area (TPSA) is 28.2 Å². The predicted octanol–water partition coefficient (Wildman–Crippen LogP) is 2.90. The van der Waals surface area contributed by atoms with Crippen molar-refractivity contribution in [2.24, 2.45) is 5.92 Å². The number of alkyl halides is 3. The van der Waals surface area contributed by atoms with Crippen molar-refractivity contribution >= 4 is 5.82 Å². The average molecular weight is 273 g/mol. The minimum absolute atomic E-state index is 0.193. The molecule has 1 aromatic rings. The zero-order chi connectivity index (χ0) is 13.9. The average Bonchev–Trinajstić information content (AvgIpc) is 2.39. The number of rotatable bonds is 3. The second-order valence-corrected chi connectivity index (χ2v) is 4.85. The minimum atomic E-state index is -4.05. The van der Waals surface area contributed by atoms with E-state index in [1.54, 1.807) is 13.2 Å². The van der Waals surface area contributed by atoms with Crippen molar-refractivity contribution in [3.63, 3.8) is 0 Å². The molecule has 1 aliphatic heterocycles. The van der Waals surface area contributed by atoms with E-state index in [4.69, 9.17) is 0 Å². The summed E-state index contributed by atoms with van der Waals surface area (Å²) in [6.07, 6.45) is -1.96. The number of likely N-dealkylation sites (tertiary alicyclic amines) is 1. The largest absolute Gasteiger partial charge is 0.391 e. The van der Waals surface area contributed by atoms with E-state index in [9.17, 15) is 13.2 Å². The van der Waals surface area contributed by atoms with Gasteiger partial charge >= 0.3 is 6.18 Å². The molecule has 0 aromatic carbocycles. The van der Waals surface area contributed by atoms with Crippen molar-refractivity contribution in [3.05, 3.63) is 23.9 Å². The minimum Gasteiger partial charge on any atom is -0.373 e. The van der Waals surface area contributed by atoms with Crippen LogP contribution < -0.4 is 5.32 Å². The Bertz CT molecular complexity index is 412. The van der Waals surface area contributed by atoms with Gasteiger partial charge in [0.15, 0.2) is 0 Å². The molecule has 2 rings (SSSR count). The number of halogens is 3. The van der Waals surface area contributed by atoms with Crippen LogP contribution in [0, 0.1) is 5.92 Å². The first-order valence-electron chi connectivity index (χ1n) is 6.41. The van der Waals surface area contributed by atoms with E-state index in [0.717, 1.165) is 11.4 Å². The number of hydrogen-bond donors (Lipinski definition) is 1. The van der Waals surface area contributed by atoms with Gasteiger partial charge < -0.3 is 5.32 Å². The highest BCUT2D eigenvalue weighted by molar-refractivity contribution is 5.42. The first-order chi connectivity index (χ1) is 9.00. The van der Waals surface area contributed by atoms with Crippen LogP contribution in [0.15, 0.2) is 18.3 Å². The molecular weight excluding hydrogens is 255 g/mol. The van der Waals surface area contributed by atoms with Crippen LogP contribution in [-0.4, -0.2) is 36.2 Å². The summed E-state index contributed by atoms with van der Waals surface area (Å²) in [4.78, 5) is 6.25. The van der Waals surface area contributed by atoms with Gasteiger partial charge in [-0.25, -0.2) is 4.98 Å². The molecule has 2 heterocycles. The Hall–Kier alpha value is -1.30. The fourth-order valence-corrected chi connectivity index (χ4v) is 2.45. The molecule has 3 nitrogen and oxygen atoms in total. The fourth-order valence-electron chi connectivity index (χ4n) is 2.45. The fraction of sp³-hybridized carbons (Fsp3) is 0.615. The van der Waals surface area contributed by atoms with Gasteiger partial charge in [-0.2, -0.15) is 13.2 Å². The van der Waals surface area contributed by atoms with E-state index < -0.39 is 12.1 Å². The van der Waals surface area contributed by atoms with Crippen LogP contribution in [0.5, 0.6) is 0 Å². The lowest BCUT2D eigenvalue weighted by atomic mass is 9.96. The third-order valence-electron chi connectivity index (χ3n) is 3.57. The summed E-state index contributed by atoms with van der Waals surface area (Å²) >= 11 is 0. The standard InChI is InChI=1S/C13H18F3N3/c1-17-12-10(3-2-6-18-12)9-19-7-4-11(5-8-19)13(14,15)16/h2-3,6,11H,4-5,7-9H2,1H3,(H,17,18). The molecule has 0 aliphatic carbocycles. The molecule has 1 saturated heterocycles. The van der Waals surface area contributed by atoms with E-state index >= 15 is 0 Å². The zero-order valence-electron chi connectivity index (χ0n) is 10.9. The van der Waals surface area contributed by atoms with Crippen LogP contribution in [0.3, 0.4) is 0 Å². The van der Waals surface area contributed by atoms with E-state index in [2.05, 4.69) is 15.2 Å². The van der Waals surface area contributed by atoms with Gasteiger partial charge in [-0.05, 0) is 32.0 Å². The Morgan fingerprint density at radius 3 is 2.63 bits per heavy atom. The maximum atomic E-state index is 12.6. The molecule has 106 valence electrons. The summed E-state index contributed by atoms with van der Waals surface area (Å²) in [5.74, 6) is -0.345. The molecule has 1 N–H and O–H groups in total. The van der Waals surface area contributed by atoms with Crippen LogP contribution in [0.1, 0.15) is 18.4 Å². The normalized spacial score (nSPS) is 18.5. The van der Waals surface area contributed by atoms with Gasteiger partial charge in [0.05, 0.1) is 5.92 Å². The molecule has 0 spiro atoms. The Kier molecular flexibility index (Phi) is 4.29. The van der Waals surface area contributed by atoms with Gasteiger partial charge in [-0.3, -0.25) is 4.90 Å². The van der Waals surface area contributed by atoms with Crippen molar-refractivity contribution in [2.45, 2.75) is 25.6 Å². The molecule has 1 fully saturated rings. The summed E-state index contributed by atoms with van der Waals surface area (Å²) in [7, 11) is 1.79. The summed E-state index contributed by atoms with van der Waals surface area (Å²) in [6, 6.07) is 3.80. The number of hydrogen-bond acceptors (Lipinski definition) is 3. The van der Waals surface area contributed by atoms with Crippen LogP contribution in [0.25, 0.3) is 0 Å². The Labute approximate surface area is 110 Å². The Balaban J connectivity index is 1.92. The predicted molar refractivity (Wildman–Crippen MR) is 67.8 cm³/mol. The van der Waals surface area contributed by atoms with E-state index in [1.807, 2.05) is 12.1 Å². The summed E-state index contributed by atoms with van der Waals surface area (Å²) in [6.45, 7) is 1.62. The van der Waals surface area contributed by atoms with Crippen LogP contribution in [0.4, 0.5) is 19.0 Å². The molecule has 0 unspecified atom stereocenters. The van der Waals surface area contributed by atoms with Gasteiger partial charge in [0.25, 0.3) is 0 Å². The van der Waals surface area contributed by atoms with Crippen molar-refractivity contribution in [2.75, 3.05) is 25.5 Å². The number of pyridine rings is 1. The third-order valence-corrected chi connectivity index (χ3v) is 3.57. The maximum absolute atomic E-state index is 12.6. The van der Waals surface area contributed by atoms with Gasteiger partial charge in [-0.1, -0.05) is 6.07 Å². The molecule has 6 heteroatoms. The molecule has 0 radical (unpaired) electrons. The second kappa shape index (κ2) is 5.77. The lowest BCUT2D eigenvalue weighted by molar-refractivity contribution is -0.185. The first kappa shape index (κ1) is 14.1. The highest BCUT2D eigenvalue weighted by Gasteiger charge is 2.40. The van der Waals surface area contributed by atoms with E-state index in [-0.39, 0.29) is 12.8 Å². The molecule has 19 heavy (non-hydrogen) atoms.